The minimum atomic E-state index is -0.520. The maximum Gasteiger partial charge on any atom is 0.292 e. The molecular formula is C18H16N4O3. The zero-order chi connectivity index (χ0) is 17.2. The van der Waals surface area contributed by atoms with Gasteiger partial charge in [0.2, 0.25) is 0 Å². The Balaban J connectivity index is 1.60. The van der Waals surface area contributed by atoms with Gasteiger partial charge in [0.25, 0.3) is 5.91 Å². The fraction of sp³-hybridized carbons (Fsp3) is 0.222. The SMILES string of the molecule is O=C(Nc1cc(N2CCCC2)ncn1)c1cc(=O)c2ccccc2o1. The van der Waals surface area contributed by atoms with Crippen molar-refractivity contribution in [1.82, 2.24) is 9.97 Å². The number of hydrogen-bond donors (Lipinski definition) is 1. The van der Waals surface area contributed by atoms with Crippen LogP contribution in [0.1, 0.15) is 23.4 Å². The predicted molar refractivity (Wildman–Crippen MR) is 93.9 cm³/mol. The minimum absolute atomic E-state index is 0.0509. The highest BCUT2D eigenvalue weighted by molar-refractivity contribution is 6.02. The zero-order valence-corrected chi connectivity index (χ0v) is 13.4. The van der Waals surface area contributed by atoms with Gasteiger partial charge in [-0.15, -0.1) is 0 Å². The molecule has 0 saturated carbocycles. The quantitative estimate of drug-likeness (QED) is 0.790. The summed E-state index contributed by atoms with van der Waals surface area (Å²) < 4.78 is 5.54. The highest BCUT2D eigenvalue weighted by Gasteiger charge is 2.16. The van der Waals surface area contributed by atoms with Crippen molar-refractivity contribution in [2.75, 3.05) is 23.3 Å². The first-order valence-corrected chi connectivity index (χ1v) is 8.12. The summed E-state index contributed by atoms with van der Waals surface area (Å²) in [6, 6.07) is 9.74. The van der Waals surface area contributed by atoms with Gasteiger partial charge in [0, 0.05) is 25.2 Å². The number of carbonyl (C=O) groups excluding carboxylic acids is 1. The number of anilines is 2. The van der Waals surface area contributed by atoms with Gasteiger partial charge in [-0.1, -0.05) is 12.1 Å². The van der Waals surface area contributed by atoms with Crippen LogP contribution in [-0.4, -0.2) is 29.0 Å². The van der Waals surface area contributed by atoms with E-state index < -0.39 is 5.91 Å². The lowest BCUT2D eigenvalue weighted by atomic mass is 10.2. The van der Waals surface area contributed by atoms with Crippen LogP contribution in [0.2, 0.25) is 0 Å². The molecule has 4 rings (SSSR count). The van der Waals surface area contributed by atoms with E-state index in [9.17, 15) is 9.59 Å². The Labute approximate surface area is 143 Å². The third kappa shape index (κ3) is 3.08. The van der Waals surface area contributed by atoms with Crippen LogP contribution < -0.4 is 15.6 Å². The first-order valence-electron chi connectivity index (χ1n) is 8.12. The Hall–Kier alpha value is -3.22. The minimum Gasteiger partial charge on any atom is -0.451 e. The summed E-state index contributed by atoms with van der Waals surface area (Å²) in [6.07, 6.45) is 3.68. The van der Waals surface area contributed by atoms with Gasteiger partial charge < -0.3 is 14.6 Å². The molecule has 0 radical (unpaired) electrons. The van der Waals surface area contributed by atoms with Gasteiger partial charge in [-0.25, -0.2) is 9.97 Å². The van der Waals surface area contributed by atoms with Crippen LogP contribution in [0.3, 0.4) is 0 Å². The van der Waals surface area contributed by atoms with Crippen molar-refractivity contribution in [2.24, 2.45) is 0 Å². The van der Waals surface area contributed by atoms with Crippen molar-refractivity contribution in [3.05, 3.63) is 58.7 Å². The van der Waals surface area contributed by atoms with Gasteiger partial charge in [-0.3, -0.25) is 9.59 Å². The molecule has 0 atom stereocenters. The van der Waals surface area contributed by atoms with Crippen LogP contribution in [0, 0.1) is 0 Å². The molecule has 7 heteroatoms. The van der Waals surface area contributed by atoms with Crippen LogP contribution in [0.4, 0.5) is 11.6 Å². The monoisotopic (exact) mass is 336 g/mol. The third-order valence-electron chi connectivity index (χ3n) is 4.18. The van der Waals surface area contributed by atoms with Crippen molar-refractivity contribution in [3.63, 3.8) is 0 Å². The summed E-state index contributed by atoms with van der Waals surface area (Å²) >= 11 is 0. The molecule has 25 heavy (non-hydrogen) atoms. The van der Waals surface area contributed by atoms with Gasteiger partial charge in [0.1, 0.15) is 23.5 Å². The Morgan fingerprint density at radius 3 is 2.76 bits per heavy atom. The summed E-state index contributed by atoms with van der Waals surface area (Å²) in [7, 11) is 0. The molecule has 1 saturated heterocycles. The van der Waals surface area contributed by atoms with E-state index in [0.29, 0.717) is 16.8 Å². The van der Waals surface area contributed by atoms with Crippen molar-refractivity contribution < 1.29 is 9.21 Å². The molecule has 1 aliphatic rings. The highest BCUT2D eigenvalue weighted by Crippen LogP contribution is 2.20. The Morgan fingerprint density at radius 1 is 1.12 bits per heavy atom. The van der Waals surface area contributed by atoms with Crippen LogP contribution in [-0.2, 0) is 0 Å². The lowest BCUT2D eigenvalue weighted by Gasteiger charge is -2.16. The molecule has 1 aromatic carbocycles. The van der Waals surface area contributed by atoms with Crippen molar-refractivity contribution in [1.29, 1.82) is 0 Å². The van der Waals surface area contributed by atoms with Gasteiger partial charge in [-0.2, -0.15) is 0 Å². The number of hydrogen-bond acceptors (Lipinski definition) is 6. The topological polar surface area (TPSA) is 88.3 Å². The number of aromatic nitrogens is 2. The second-order valence-corrected chi connectivity index (χ2v) is 5.88. The van der Waals surface area contributed by atoms with E-state index in [-0.39, 0.29) is 11.2 Å². The first-order chi connectivity index (χ1) is 12.2. The average molecular weight is 336 g/mol. The molecule has 0 unspecified atom stereocenters. The van der Waals surface area contributed by atoms with E-state index in [0.717, 1.165) is 31.7 Å². The second-order valence-electron chi connectivity index (χ2n) is 5.88. The number of nitrogens with zero attached hydrogens (tertiary/aromatic N) is 3. The third-order valence-corrected chi connectivity index (χ3v) is 4.18. The molecule has 3 aromatic rings. The predicted octanol–water partition coefficient (Wildman–Crippen LogP) is 2.44. The van der Waals surface area contributed by atoms with E-state index in [1.807, 2.05) is 0 Å². The van der Waals surface area contributed by atoms with Crippen molar-refractivity contribution in [3.8, 4) is 0 Å². The number of fused-ring (bicyclic) bond motifs is 1. The number of nitrogens with one attached hydrogen (secondary N) is 1. The normalized spacial score (nSPS) is 14.0. The lowest BCUT2D eigenvalue weighted by Crippen LogP contribution is -2.20. The standard InChI is InChI=1S/C18H16N4O3/c23-13-9-15(25-14-6-2-1-5-12(13)14)18(24)21-16-10-17(20-11-19-16)22-7-3-4-8-22/h1-2,5-6,9-11H,3-4,7-8H2,(H,19,20,21,24). The fourth-order valence-electron chi connectivity index (χ4n) is 2.93. The number of carbonyl (C=O) groups is 1. The van der Waals surface area contributed by atoms with Gasteiger partial charge in [0.15, 0.2) is 11.2 Å². The molecule has 126 valence electrons. The molecular weight excluding hydrogens is 320 g/mol. The second kappa shape index (κ2) is 6.35. The summed E-state index contributed by atoms with van der Waals surface area (Å²) in [4.78, 5) is 35.0. The van der Waals surface area contributed by atoms with Gasteiger partial charge in [0.05, 0.1) is 5.39 Å². The molecule has 0 spiro atoms. The Bertz CT molecular complexity index is 993. The molecule has 1 aliphatic heterocycles. The maximum absolute atomic E-state index is 12.4. The summed E-state index contributed by atoms with van der Waals surface area (Å²) in [5.74, 6) is 0.583. The maximum atomic E-state index is 12.4. The molecule has 1 amide bonds. The van der Waals surface area contributed by atoms with Crippen LogP contribution in [0.15, 0.2) is 51.9 Å². The number of rotatable bonds is 3. The molecule has 2 aromatic heterocycles. The molecule has 0 aliphatic carbocycles. The summed E-state index contributed by atoms with van der Waals surface area (Å²) in [5.41, 5.74) is 0.119. The van der Waals surface area contributed by atoms with Gasteiger partial charge in [-0.05, 0) is 25.0 Å². The molecule has 3 heterocycles. The molecule has 1 N–H and O–H groups in total. The fourth-order valence-corrected chi connectivity index (χ4v) is 2.93. The Kier molecular flexibility index (Phi) is 3.89. The van der Waals surface area contributed by atoms with Crippen molar-refractivity contribution in [2.45, 2.75) is 12.8 Å². The highest BCUT2D eigenvalue weighted by atomic mass is 16.3. The van der Waals surface area contributed by atoms with E-state index in [1.165, 1.54) is 12.4 Å². The zero-order valence-electron chi connectivity index (χ0n) is 13.4. The smallest absolute Gasteiger partial charge is 0.292 e. The van der Waals surface area contributed by atoms with Gasteiger partial charge >= 0.3 is 0 Å². The number of para-hydroxylation sites is 1. The van der Waals surface area contributed by atoms with E-state index in [4.69, 9.17) is 4.42 Å². The summed E-state index contributed by atoms with van der Waals surface area (Å²) in [6.45, 7) is 1.90. The average Bonchev–Trinajstić information content (AvgIpc) is 3.17. The van der Waals surface area contributed by atoms with Crippen LogP contribution in [0.25, 0.3) is 11.0 Å². The molecule has 1 fully saturated rings. The molecule has 7 nitrogen and oxygen atoms in total. The van der Waals surface area contributed by atoms with E-state index >= 15 is 0 Å². The number of amides is 1. The number of benzene rings is 1. The van der Waals surface area contributed by atoms with E-state index in [1.54, 1.807) is 30.3 Å². The van der Waals surface area contributed by atoms with Crippen LogP contribution >= 0.6 is 0 Å². The van der Waals surface area contributed by atoms with Crippen molar-refractivity contribution >= 4 is 28.5 Å². The molecule has 0 bridgehead atoms. The lowest BCUT2D eigenvalue weighted by molar-refractivity contribution is 0.0997. The summed E-state index contributed by atoms with van der Waals surface area (Å²) in [5, 5.41) is 3.11. The first kappa shape index (κ1) is 15.3. The van der Waals surface area contributed by atoms with Crippen LogP contribution in [0.5, 0.6) is 0 Å². The largest absolute Gasteiger partial charge is 0.451 e. The Morgan fingerprint density at radius 2 is 1.92 bits per heavy atom. The van der Waals surface area contributed by atoms with E-state index in [2.05, 4.69) is 20.2 Å².